The largest absolute Gasteiger partial charge is 0.480 e. The number of aryl methyl sites for hydroxylation is 1. The van der Waals surface area contributed by atoms with Gasteiger partial charge in [0.15, 0.2) is 5.75 Å². The highest BCUT2D eigenvalue weighted by atomic mass is 16.6. The fourth-order valence-corrected chi connectivity index (χ4v) is 1.53. The van der Waals surface area contributed by atoms with Crippen molar-refractivity contribution in [3.05, 3.63) is 52.1 Å². The summed E-state index contributed by atoms with van der Waals surface area (Å²) in [5.41, 5.74) is 0.791. The average molecular weight is 258 g/mol. The van der Waals surface area contributed by atoms with Crippen LogP contribution in [0.25, 0.3) is 0 Å². The minimum Gasteiger partial charge on any atom is -0.480 e. The highest BCUT2D eigenvalue weighted by molar-refractivity contribution is 5.51. The Bertz CT molecular complexity index is 657. The van der Waals surface area contributed by atoms with Gasteiger partial charge in [-0.1, -0.05) is 0 Å². The van der Waals surface area contributed by atoms with Crippen LogP contribution in [0, 0.1) is 21.4 Å². The van der Waals surface area contributed by atoms with Gasteiger partial charge in [-0.05, 0) is 12.1 Å². The number of nitrogens with zero attached hydrogens (tertiary/aromatic N) is 4. The molecule has 1 aromatic carbocycles. The van der Waals surface area contributed by atoms with Gasteiger partial charge in [0.05, 0.1) is 34.8 Å². The Hall–Kier alpha value is -2.88. The SMILES string of the molecule is Cn1cncc1COc1ccc(C#N)cc1[N+](=O)[O-]. The standard InChI is InChI=1S/C12H10N4O3/c1-15-8-14-6-10(15)7-19-12-3-2-9(5-13)4-11(12)16(17)18/h2-4,6,8H,7H2,1H3. The number of rotatable bonds is 4. The fraction of sp³-hybridized carbons (Fsp3) is 0.167. The van der Waals surface area contributed by atoms with Crippen LogP contribution in [0.1, 0.15) is 11.3 Å². The number of hydrogen-bond acceptors (Lipinski definition) is 5. The quantitative estimate of drug-likeness (QED) is 0.615. The molecule has 2 aromatic rings. The van der Waals surface area contributed by atoms with E-state index in [4.69, 9.17) is 10.00 Å². The molecule has 0 fully saturated rings. The fourth-order valence-electron chi connectivity index (χ4n) is 1.53. The van der Waals surface area contributed by atoms with Gasteiger partial charge in [-0.25, -0.2) is 4.98 Å². The van der Waals surface area contributed by atoms with E-state index >= 15 is 0 Å². The summed E-state index contributed by atoms with van der Waals surface area (Å²) >= 11 is 0. The number of nitriles is 1. The average Bonchev–Trinajstić information content (AvgIpc) is 2.81. The van der Waals surface area contributed by atoms with E-state index in [9.17, 15) is 10.1 Å². The third kappa shape index (κ3) is 2.69. The Labute approximate surface area is 108 Å². The summed E-state index contributed by atoms with van der Waals surface area (Å²) in [6.07, 6.45) is 3.24. The first-order valence-corrected chi connectivity index (χ1v) is 5.38. The first-order valence-electron chi connectivity index (χ1n) is 5.38. The van der Waals surface area contributed by atoms with Crippen LogP contribution in [0.3, 0.4) is 0 Å². The lowest BCUT2D eigenvalue weighted by atomic mass is 10.2. The van der Waals surface area contributed by atoms with Crippen LogP contribution < -0.4 is 4.74 Å². The molecule has 7 nitrogen and oxygen atoms in total. The lowest BCUT2D eigenvalue weighted by molar-refractivity contribution is -0.386. The summed E-state index contributed by atoms with van der Waals surface area (Å²) in [7, 11) is 1.80. The Balaban J connectivity index is 2.23. The number of benzene rings is 1. The van der Waals surface area contributed by atoms with Gasteiger partial charge < -0.3 is 9.30 Å². The number of hydrogen-bond donors (Lipinski definition) is 0. The van der Waals surface area contributed by atoms with Crippen molar-refractivity contribution < 1.29 is 9.66 Å². The van der Waals surface area contributed by atoms with E-state index in [-0.39, 0.29) is 23.6 Å². The van der Waals surface area contributed by atoms with E-state index in [1.165, 1.54) is 18.2 Å². The van der Waals surface area contributed by atoms with Crippen molar-refractivity contribution in [1.29, 1.82) is 5.26 Å². The van der Waals surface area contributed by atoms with E-state index in [2.05, 4.69) is 4.98 Å². The maximum absolute atomic E-state index is 10.9. The second kappa shape index (κ2) is 5.18. The Morgan fingerprint density at radius 2 is 2.37 bits per heavy atom. The monoisotopic (exact) mass is 258 g/mol. The summed E-state index contributed by atoms with van der Waals surface area (Å²) in [5, 5.41) is 19.6. The zero-order valence-corrected chi connectivity index (χ0v) is 10.1. The first kappa shape index (κ1) is 12.6. The minimum absolute atomic E-state index is 0.130. The molecule has 0 aliphatic heterocycles. The molecule has 0 atom stereocenters. The van der Waals surface area contributed by atoms with Crippen molar-refractivity contribution in [2.75, 3.05) is 0 Å². The van der Waals surface area contributed by atoms with Crippen LogP contribution in [0.2, 0.25) is 0 Å². The molecular formula is C12H10N4O3. The highest BCUT2D eigenvalue weighted by Gasteiger charge is 2.16. The third-order valence-electron chi connectivity index (χ3n) is 2.58. The molecule has 0 N–H and O–H groups in total. The van der Waals surface area contributed by atoms with Gasteiger partial charge in [0.1, 0.15) is 6.61 Å². The second-order valence-corrected chi connectivity index (χ2v) is 3.84. The molecule has 7 heteroatoms. The van der Waals surface area contributed by atoms with E-state index in [1.54, 1.807) is 24.1 Å². The molecule has 0 unspecified atom stereocenters. The molecule has 0 radical (unpaired) electrons. The molecule has 96 valence electrons. The topological polar surface area (TPSA) is 94.0 Å². The van der Waals surface area contributed by atoms with Crippen LogP contribution in [-0.4, -0.2) is 14.5 Å². The number of nitro groups is 1. The van der Waals surface area contributed by atoms with Gasteiger partial charge in [0, 0.05) is 13.1 Å². The van der Waals surface area contributed by atoms with Crippen molar-refractivity contribution >= 4 is 5.69 Å². The van der Waals surface area contributed by atoms with Gasteiger partial charge in [0.2, 0.25) is 0 Å². The van der Waals surface area contributed by atoms with Crippen LogP contribution >= 0.6 is 0 Å². The number of imidazole rings is 1. The zero-order valence-electron chi connectivity index (χ0n) is 10.1. The van der Waals surface area contributed by atoms with E-state index in [1.807, 2.05) is 6.07 Å². The molecule has 0 aliphatic carbocycles. The normalized spacial score (nSPS) is 9.89. The minimum atomic E-state index is -0.570. The van der Waals surface area contributed by atoms with Crippen molar-refractivity contribution in [2.45, 2.75) is 6.61 Å². The summed E-state index contributed by atoms with van der Waals surface area (Å²) in [5.74, 6) is 0.130. The molecule has 0 saturated heterocycles. The van der Waals surface area contributed by atoms with Crippen LogP contribution in [0.15, 0.2) is 30.7 Å². The van der Waals surface area contributed by atoms with Gasteiger partial charge in [-0.2, -0.15) is 5.26 Å². The van der Waals surface area contributed by atoms with E-state index in [0.29, 0.717) is 0 Å². The Morgan fingerprint density at radius 3 is 2.95 bits per heavy atom. The summed E-state index contributed by atoms with van der Waals surface area (Å²) in [4.78, 5) is 14.3. The van der Waals surface area contributed by atoms with E-state index in [0.717, 1.165) is 5.69 Å². The summed E-state index contributed by atoms with van der Waals surface area (Å²) in [6.45, 7) is 0.170. The summed E-state index contributed by atoms with van der Waals surface area (Å²) < 4.78 is 7.17. The lowest BCUT2D eigenvalue weighted by Gasteiger charge is -2.07. The van der Waals surface area contributed by atoms with Crippen LogP contribution in [0.5, 0.6) is 5.75 Å². The third-order valence-corrected chi connectivity index (χ3v) is 2.58. The molecule has 0 aliphatic rings. The van der Waals surface area contributed by atoms with Gasteiger partial charge in [-0.15, -0.1) is 0 Å². The van der Waals surface area contributed by atoms with Crippen LogP contribution in [0.4, 0.5) is 5.69 Å². The second-order valence-electron chi connectivity index (χ2n) is 3.84. The molecule has 1 aromatic heterocycles. The Morgan fingerprint density at radius 1 is 1.58 bits per heavy atom. The predicted octanol–water partition coefficient (Wildman–Crippen LogP) is 1.78. The van der Waals surface area contributed by atoms with Crippen LogP contribution in [-0.2, 0) is 13.7 Å². The van der Waals surface area contributed by atoms with Gasteiger partial charge in [-0.3, -0.25) is 10.1 Å². The first-order chi connectivity index (χ1) is 9.11. The lowest BCUT2D eigenvalue weighted by Crippen LogP contribution is -2.03. The molecule has 0 spiro atoms. The molecule has 1 heterocycles. The molecular weight excluding hydrogens is 248 g/mol. The maximum atomic E-state index is 10.9. The number of nitro benzene ring substituents is 1. The Kier molecular flexibility index (Phi) is 3.43. The molecule has 0 amide bonds. The van der Waals surface area contributed by atoms with Gasteiger partial charge in [0.25, 0.3) is 0 Å². The number of aromatic nitrogens is 2. The molecule has 2 rings (SSSR count). The number of ether oxygens (including phenoxy) is 1. The highest BCUT2D eigenvalue weighted by Crippen LogP contribution is 2.28. The van der Waals surface area contributed by atoms with Crippen molar-refractivity contribution in [3.8, 4) is 11.8 Å². The van der Waals surface area contributed by atoms with Crippen molar-refractivity contribution in [2.24, 2.45) is 7.05 Å². The van der Waals surface area contributed by atoms with Crippen molar-refractivity contribution in [1.82, 2.24) is 9.55 Å². The van der Waals surface area contributed by atoms with E-state index < -0.39 is 4.92 Å². The smallest absolute Gasteiger partial charge is 0.312 e. The van der Waals surface area contributed by atoms with Crippen molar-refractivity contribution in [3.63, 3.8) is 0 Å². The predicted molar refractivity (Wildman–Crippen MR) is 65.4 cm³/mol. The molecule has 19 heavy (non-hydrogen) atoms. The zero-order chi connectivity index (χ0) is 13.8. The van der Waals surface area contributed by atoms with Gasteiger partial charge >= 0.3 is 5.69 Å². The molecule has 0 bridgehead atoms. The maximum Gasteiger partial charge on any atom is 0.312 e. The molecule has 0 saturated carbocycles. The summed E-state index contributed by atoms with van der Waals surface area (Å²) in [6, 6.07) is 5.95.